The Morgan fingerprint density at radius 1 is 1.17 bits per heavy atom. The molecule has 11 heteroatoms. The van der Waals surface area contributed by atoms with Gasteiger partial charge in [-0.3, -0.25) is 10.1 Å². The molecular weight excluding hydrogens is 408 g/mol. The van der Waals surface area contributed by atoms with Crippen molar-refractivity contribution in [3.8, 4) is 22.1 Å². The Morgan fingerprint density at radius 2 is 1.93 bits per heavy atom. The van der Waals surface area contributed by atoms with Gasteiger partial charge < -0.3 is 4.74 Å². The minimum Gasteiger partial charge on any atom is -0.465 e. The largest absolute Gasteiger partial charge is 0.465 e. The maximum Gasteiger partial charge on any atom is 0.368 e. The van der Waals surface area contributed by atoms with Crippen LogP contribution in [0, 0.1) is 17.0 Å². The van der Waals surface area contributed by atoms with Crippen LogP contribution < -0.4 is 10.4 Å². The lowest BCUT2D eigenvalue weighted by Crippen LogP contribution is -2.23. The van der Waals surface area contributed by atoms with Crippen LogP contribution >= 0.6 is 11.3 Å². The first-order chi connectivity index (χ1) is 14.4. The molecule has 0 N–H and O–H groups in total. The molecule has 4 rings (SSSR count). The van der Waals surface area contributed by atoms with Crippen LogP contribution in [0.5, 0.6) is 5.19 Å². The van der Waals surface area contributed by atoms with Gasteiger partial charge in [0.05, 0.1) is 16.3 Å². The Kier molecular flexibility index (Phi) is 5.11. The predicted octanol–water partition coefficient (Wildman–Crippen LogP) is 2.89. The number of aryl methyl sites for hydroxylation is 2. The lowest BCUT2D eigenvalue weighted by atomic mass is 10.1. The highest BCUT2D eigenvalue weighted by Crippen LogP contribution is 2.29. The zero-order valence-electron chi connectivity index (χ0n) is 16.1. The standard InChI is InChI=1S/C19H16N6O4S/c1-12-4-3-5-17(24-19(26)23(2)21-22-24)15(12)10-29-18-20-16(11-30-18)13-6-8-14(9-7-13)25(27)28/h3-9,11H,10H2,1-2H3. The Hall–Kier alpha value is -3.86. The number of nitro benzene ring substituents is 1. The number of hydrogen-bond acceptors (Lipinski definition) is 8. The number of benzene rings is 2. The summed E-state index contributed by atoms with van der Waals surface area (Å²) in [5.74, 6) is 0. The van der Waals surface area contributed by atoms with Gasteiger partial charge in [-0.2, -0.15) is 9.36 Å². The highest BCUT2D eigenvalue weighted by molar-refractivity contribution is 7.11. The molecule has 0 saturated carbocycles. The third-order valence-electron chi connectivity index (χ3n) is 4.53. The maximum absolute atomic E-state index is 12.2. The van der Waals surface area contributed by atoms with Crippen molar-refractivity contribution in [2.45, 2.75) is 13.5 Å². The summed E-state index contributed by atoms with van der Waals surface area (Å²) in [7, 11) is 1.53. The molecule has 4 aromatic rings. The summed E-state index contributed by atoms with van der Waals surface area (Å²) >= 11 is 1.32. The molecule has 30 heavy (non-hydrogen) atoms. The first kappa shape index (κ1) is 19.5. The van der Waals surface area contributed by atoms with E-state index in [0.29, 0.717) is 16.6 Å². The van der Waals surface area contributed by atoms with E-state index in [1.165, 1.54) is 35.2 Å². The van der Waals surface area contributed by atoms with Crippen LogP contribution in [0.1, 0.15) is 11.1 Å². The molecule has 0 radical (unpaired) electrons. The topological polar surface area (TPSA) is 118 Å². The van der Waals surface area contributed by atoms with Gasteiger partial charge in [-0.1, -0.05) is 23.5 Å². The predicted molar refractivity (Wildman–Crippen MR) is 110 cm³/mol. The Balaban J connectivity index is 1.56. The summed E-state index contributed by atoms with van der Waals surface area (Å²) < 4.78 is 8.26. The van der Waals surface area contributed by atoms with Gasteiger partial charge in [0.2, 0.25) is 0 Å². The van der Waals surface area contributed by atoms with Crippen LogP contribution in [-0.4, -0.2) is 29.7 Å². The molecule has 0 spiro atoms. The number of nitrogens with zero attached hydrogens (tertiary/aromatic N) is 6. The molecule has 0 fully saturated rings. The van der Waals surface area contributed by atoms with Crippen molar-refractivity contribution in [2.75, 3.05) is 0 Å². The van der Waals surface area contributed by atoms with Crippen molar-refractivity contribution in [2.24, 2.45) is 7.05 Å². The fraction of sp³-hybridized carbons (Fsp3) is 0.158. The third kappa shape index (κ3) is 3.70. The van der Waals surface area contributed by atoms with E-state index >= 15 is 0 Å². The number of non-ortho nitro benzene ring substituents is 1. The highest BCUT2D eigenvalue weighted by atomic mass is 32.1. The average Bonchev–Trinajstić information content (AvgIpc) is 3.34. The van der Waals surface area contributed by atoms with Crippen LogP contribution in [0.15, 0.2) is 52.6 Å². The zero-order chi connectivity index (χ0) is 21.3. The highest BCUT2D eigenvalue weighted by Gasteiger charge is 2.15. The summed E-state index contributed by atoms with van der Waals surface area (Å²) in [4.78, 5) is 27.0. The van der Waals surface area contributed by atoms with E-state index in [1.54, 1.807) is 18.2 Å². The Bertz CT molecular complexity index is 1270. The third-order valence-corrected chi connectivity index (χ3v) is 5.28. The first-order valence-corrected chi connectivity index (χ1v) is 9.73. The average molecular weight is 424 g/mol. The molecule has 0 aliphatic carbocycles. The summed E-state index contributed by atoms with van der Waals surface area (Å²) in [6.45, 7) is 2.12. The number of nitro groups is 1. The molecular formula is C19H16N6O4S. The van der Waals surface area contributed by atoms with Gasteiger partial charge in [0.15, 0.2) is 0 Å². The number of aromatic nitrogens is 5. The van der Waals surface area contributed by atoms with Gasteiger partial charge >= 0.3 is 5.69 Å². The monoisotopic (exact) mass is 424 g/mol. The van der Waals surface area contributed by atoms with Crippen LogP contribution in [0.25, 0.3) is 16.9 Å². The van der Waals surface area contributed by atoms with E-state index in [9.17, 15) is 14.9 Å². The van der Waals surface area contributed by atoms with Crippen molar-refractivity contribution in [3.05, 3.63) is 79.6 Å². The fourth-order valence-electron chi connectivity index (χ4n) is 2.88. The molecule has 0 amide bonds. The normalized spacial score (nSPS) is 10.9. The summed E-state index contributed by atoms with van der Waals surface area (Å²) in [6, 6.07) is 11.7. The molecule has 2 aromatic carbocycles. The molecule has 0 aliphatic heterocycles. The van der Waals surface area contributed by atoms with Gasteiger partial charge in [-0.15, -0.1) is 0 Å². The second-order valence-corrected chi connectivity index (χ2v) is 7.28. The number of ether oxygens (including phenoxy) is 1. The van der Waals surface area contributed by atoms with E-state index in [0.717, 1.165) is 21.4 Å². The molecule has 2 aromatic heterocycles. The van der Waals surface area contributed by atoms with Gasteiger partial charge in [-0.05, 0) is 41.1 Å². The van der Waals surface area contributed by atoms with Crippen molar-refractivity contribution in [3.63, 3.8) is 0 Å². The summed E-state index contributed by atoms with van der Waals surface area (Å²) in [5.41, 5.74) is 3.44. The minimum absolute atomic E-state index is 0.0248. The Labute approximate surface area is 174 Å². The number of hydrogen-bond donors (Lipinski definition) is 0. The maximum atomic E-state index is 12.2. The van der Waals surface area contributed by atoms with Crippen molar-refractivity contribution < 1.29 is 9.66 Å². The first-order valence-electron chi connectivity index (χ1n) is 8.85. The molecule has 2 heterocycles. The van der Waals surface area contributed by atoms with Crippen LogP contribution in [0.3, 0.4) is 0 Å². The Morgan fingerprint density at radius 3 is 2.60 bits per heavy atom. The number of rotatable bonds is 6. The minimum atomic E-state index is -0.443. The van der Waals surface area contributed by atoms with Gasteiger partial charge in [0, 0.05) is 35.7 Å². The van der Waals surface area contributed by atoms with Gasteiger partial charge in [0.25, 0.3) is 10.9 Å². The van der Waals surface area contributed by atoms with E-state index in [1.807, 2.05) is 24.4 Å². The summed E-state index contributed by atoms with van der Waals surface area (Å²) in [5, 5.41) is 20.7. The van der Waals surface area contributed by atoms with Crippen LogP contribution in [0.2, 0.25) is 0 Å². The zero-order valence-corrected chi connectivity index (χ0v) is 16.9. The molecule has 0 bridgehead atoms. The molecule has 10 nitrogen and oxygen atoms in total. The van der Waals surface area contributed by atoms with Crippen molar-refractivity contribution in [1.82, 2.24) is 24.8 Å². The van der Waals surface area contributed by atoms with Gasteiger partial charge in [-0.25, -0.2) is 9.78 Å². The van der Waals surface area contributed by atoms with Crippen LogP contribution in [-0.2, 0) is 13.7 Å². The molecule has 0 saturated heterocycles. The molecule has 0 aliphatic rings. The van der Waals surface area contributed by atoms with Crippen LogP contribution in [0.4, 0.5) is 5.69 Å². The quantitative estimate of drug-likeness (QED) is 0.345. The van der Waals surface area contributed by atoms with E-state index < -0.39 is 4.92 Å². The summed E-state index contributed by atoms with van der Waals surface area (Å²) in [6.07, 6.45) is 0. The lowest BCUT2D eigenvalue weighted by Gasteiger charge is -2.11. The molecule has 152 valence electrons. The van der Waals surface area contributed by atoms with Crippen molar-refractivity contribution in [1.29, 1.82) is 0 Å². The fourth-order valence-corrected chi connectivity index (χ4v) is 3.56. The molecule has 0 unspecified atom stereocenters. The number of tetrazole rings is 1. The van der Waals surface area contributed by atoms with Gasteiger partial charge in [0.1, 0.15) is 6.61 Å². The second kappa shape index (κ2) is 7.87. The SMILES string of the molecule is Cc1cccc(-n2nnn(C)c2=O)c1COc1nc(-c2ccc([N+](=O)[O-])cc2)cs1. The smallest absolute Gasteiger partial charge is 0.368 e. The van der Waals surface area contributed by atoms with E-state index in [4.69, 9.17) is 4.74 Å². The molecule has 0 atom stereocenters. The van der Waals surface area contributed by atoms with Crippen molar-refractivity contribution >= 4 is 17.0 Å². The second-order valence-electron chi connectivity index (χ2n) is 6.46. The van der Waals surface area contributed by atoms with E-state index in [-0.39, 0.29) is 18.0 Å². The van der Waals surface area contributed by atoms with E-state index in [2.05, 4.69) is 15.4 Å². The number of thiazole rings is 1. The lowest BCUT2D eigenvalue weighted by molar-refractivity contribution is -0.384.